The van der Waals surface area contributed by atoms with Gasteiger partial charge in [0.2, 0.25) is 5.91 Å². The summed E-state index contributed by atoms with van der Waals surface area (Å²) in [7, 11) is -0.686. The molecule has 2 fully saturated rings. The van der Waals surface area contributed by atoms with E-state index in [4.69, 9.17) is 25.6 Å². The molecule has 3 heterocycles. The van der Waals surface area contributed by atoms with E-state index >= 15 is 0 Å². The lowest BCUT2D eigenvalue weighted by Gasteiger charge is -2.41. The number of aromatic nitrogens is 1. The monoisotopic (exact) mass is 465 g/mol. The second-order valence-electron chi connectivity index (χ2n) is 10.4. The van der Waals surface area contributed by atoms with E-state index in [0.717, 1.165) is 5.56 Å². The van der Waals surface area contributed by atoms with Crippen LogP contribution >= 0.6 is 11.6 Å². The largest absolute Gasteiger partial charge is 0.514 e. The Morgan fingerprint density at radius 3 is 2.28 bits per heavy atom. The molecule has 10 heteroatoms. The van der Waals surface area contributed by atoms with Gasteiger partial charge in [0, 0.05) is 26.6 Å². The van der Waals surface area contributed by atoms with Crippen LogP contribution in [0.5, 0.6) is 0 Å². The lowest BCUT2D eigenvalue weighted by Crippen LogP contribution is -2.53. The van der Waals surface area contributed by atoms with Crippen LogP contribution in [0.25, 0.3) is 0 Å². The number of halogens is 1. The molecule has 2 aliphatic heterocycles. The predicted molar refractivity (Wildman–Crippen MR) is 123 cm³/mol. The van der Waals surface area contributed by atoms with Crippen LogP contribution < -0.4 is 5.59 Å². The van der Waals surface area contributed by atoms with Crippen molar-refractivity contribution < 1.29 is 23.6 Å². The van der Waals surface area contributed by atoms with Crippen molar-refractivity contribution in [3.63, 3.8) is 0 Å². The summed E-state index contributed by atoms with van der Waals surface area (Å²) in [5, 5.41) is 0.269. The van der Waals surface area contributed by atoms with Gasteiger partial charge in [0.05, 0.1) is 22.8 Å². The van der Waals surface area contributed by atoms with Crippen molar-refractivity contribution in [3.8, 4) is 0 Å². The van der Waals surface area contributed by atoms with Crippen LogP contribution in [-0.2, 0) is 18.8 Å². The maximum Gasteiger partial charge on any atom is 0.514 e. The Labute approximate surface area is 195 Å². The van der Waals surface area contributed by atoms with Crippen LogP contribution in [0, 0.1) is 0 Å². The number of hydrogen-bond acceptors (Lipinski definition) is 6. The van der Waals surface area contributed by atoms with Gasteiger partial charge in [0.15, 0.2) is 0 Å². The molecule has 3 rings (SSSR count). The molecule has 2 aliphatic rings. The van der Waals surface area contributed by atoms with Gasteiger partial charge in [-0.15, -0.1) is 0 Å². The summed E-state index contributed by atoms with van der Waals surface area (Å²) < 4.78 is 17.8. The van der Waals surface area contributed by atoms with Crippen molar-refractivity contribution in [1.29, 1.82) is 0 Å². The fourth-order valence-electron chi connectivity index (χ4n) is 3.75. The highest BCUT2D eigenvalue weighted by Gasteiger charge is 2.52. The van der Waals surface area contributed by atoms with Crippen molar-refractivity contribution in [2.24, 2.45) is 0 Å². The highest BCUT2D eigenvalue weighted by Crippen LogP contribution is 2.37. The molecule has 0 aromatic carbocycles. The first-order chi connectivity index (χ1) is 14.6. The molecule has 176 valence electrons. The van der Waals surface area contributed by atoms with Gasteiger partial charge in [0.25, 0.3) is 0 Å². The van der Waals surface area contributed by atoms with Crippen molar-refractivity contribution in [1.82, 2.24) is 14.8 Å². The number of rotatable bonds is 2. The number of carbonyl (C=O) groups is 2. The fraction of sp³-hybridized carbons (Fsp3) is 0.682. The van der Waals surface area contributed by atoms with E-state index in [1.54, 1.807) is 15.9 Å². The van der Waals surface area contributed by atoms with Crippen molar-refractivity contribution in [2.75, 3.05) is 19.6 Å². The molecular weight excluding hydrogens is 433 g/mol. The topological polar surface area (TPSA) is 81.2 Å². The second-order valence-corrected chi connectivity index (χ2v) is 10.8. The Bertz CT molecular complexity index is 886. The molecule has 1 aromatic heterocycles. The number of hydrogen-bond donors (Lipinski definition) is 0. The van der Waals surface area contributed by atoms with E-state index in [2.05, 4.69) is 4.98 Å². The summed E-state index contributed by atoms with van der Waals surface area (Å²) >= 11 is 6.37. The van der Waals surface area contributed by atoms with E-state index in [1.807, 2.05) is 54.5 Å². The van der Waals surface area contributed by atoms with Crippen LogP contribution in [0.2, 0.25) is 5.15 Å². The zero-order valence-corrected chi connectivity index (χ0v) is 20.9. The molecule has 0 radical (unpaired) electrons. The molecule has 2 saturated heterocycles. The summed E-state index contributed by atoms with van der Waals surface area (Å²) in [6, 6.07) is 3.17. The number of pyridine rings is 1. The third-order valence-corrected chi connectivity index (χ3v) is 6.35. The lowest BCUT2D eigenvalue weighted by atomic mass is 9.82. The maximum absolute atomic E-state index is 12.7. The molecule has 1 atom stereocenters. The average molecular weight is 466 g/mol. The van der Waals surface area contributed by atoms with Crippen LogP contribution in [0.1, 0.15) is 67.0 Å². The third-order valence-electron chi connectivity index (χ3n) is 6.15. The molecule has 0 saturated carbocycles. The van der Waals surface area contributed by atoms with Crippen LogP contribution in [0.4, 0.5) is 4.79 Å². The summed E-state index contributed by atoms with van der Waals surface area (Å²) in [6.07, 6.45) is -0.406. The van der Waals surface area contributed by atoms with Crippen molar-refractivity contribution in [3.05, 3.63) is 22.8 Å². The zero-order valence-electron chi connectivity index (χ0n) is 20.2. The Morgan fingerprint density at radius 2 is 1.75 bits per heavy atom. The van der Waals surface area contributed by atoms with Crippen LogP contribution in [0.15, 0.2) is 12.1 Å². The Hall–Kier alpha value is -1.84. The SMILES string of the molecule is CC(=O)N1CCN(C(=O)OC(C)(C)C)C[C@H]1c1cc(Cl)nc(B2OC(C)(C)C(C)(C)O2)c1. The van der Waals surface area contributed by atoms with Gasteiger partial charge >= 0.3 is 13.2 Å². The Kier molecular flexibility index (Phi) is 6.59. The first-order valence-electron chi connectivity index (χ1n) is 10.9. The average Bonchev–Trinajstić information content (AvgIpc) is 2.86. The summed E-state index contributed by atoms with van der Waals surface area (Å²) in [5.74, 6) is -0.0797. The molecule has 0 unspecified atom stereocenters. The number of ether oxygens (including phenoxy) is 1. The molecule has 32 heavy (non-hydrogen) atoms. The smallest absolute Gasteiger partial charge is 0.444 e. The summed E-state index contributed by atoms with van der Waals surface area (Å²) in [6.45, 7) is 16.0. The molecule has 8 nitrogen and oxygen atoms in total. The minimum atomic E-state index is -0.686. The second kappa shape index (κ2) is 8.50. The number of carbonyl (C=O) groups excluding carboxylic acids is 2. The van der Waals surface area contributed by atoms with E-state index in [0.29, 0.717) is 18.7 Å². The highest BCUT2D eigenvalue weighted by atomic mass is 35.5. The van der Waals surface area contributed by atoms with E-state index < -0.39 is 36.1 Å². The first-order valence-corrected chi connectivity index (χ1v) is 11.3. The van der Waals surface area contributed by atoms with Gasteiger partial charge in [-0.3, -0.25) is 4.79 Å². The molecule has 0 bridgehead atoms. The minimum absolute atomic E-state index is 0.0797. The Morgan fingerprint density at radius 1 is 1.16 bits per heavy atom. The van der Waals surface area contributed by atoms with Crippen molar-refractivity contribution in [2.45, 2.75) is 78.2 Å². The predicted octanol–water partition coefficient (Wildman–Crippen LogP) is 3.17. The number of amides is 2. The maximum atomic E-state index is 12.7. The van der Waals surface area contributed by atoms with Gasteiger partial charge in [-0.2, -0.15) is 0 Å². The van der Waals surface area contributed by atoms with Crippen LogP contribution in [0.3, 0.4) is 0 Å². The molecule has 0 spiro atoms. The standard InChI is InChI=1S/C22H33BClN3O5/c1-14(28)27-10-9-26(19(29)30-20(2,3)4)13-16(27)15-11-17(25-18(24)12-15)23-31-21(5,6)22(7,8)32-23/h11-12,16H,9-10,13H2,1-8H3/t16-/m0/s1. The minimum Gasteiger partial charge on any atom is -0.444 e. The third kappa shape index (κ3) is 5.21. The van der Waals surface area contributed by atoms with Gasteiger partial charge in [-0.25, -0.2) is 9.78 Å². The van der Waals surface area contributed by atoms with Gasteiger partial charge in [-0.1, -0.05) is 11.6 Å². The molecular formula is C22H33BClN3O5. The molecule has 2 amide bonds. The zero-order chi connectivity index (χ0) is 24.1. The van der Waals surface area contributed by atoms with Crippen molar-refractivity contribution >= 4 is 36.3 Å². The van der Waals surface area contributed by atoms with Crippen LogP contribution in [-0.4, -0.2) is 70.3 Å². The molecule has 0 N–H and O–H groups in total. The van der Waals surface area contributed by atoms with Gasteiger partial charge in [-0.05, 0) is 66.2 Å². The van der Waals surface area contributed by atoms with E-state index in [-0.39, 0.29) is 17.6 Å². The highest BCUT2D eigenvalue weighted by molar-refractivity contribution is 6.61. The van der Waals surface area contributed by atoms with E-state index in [1.165, 1.54) is 6.92 Å². The molecule has 0 aliphatic carbocycles. The van der Waals surface area contributed by atoms with E-state index in [9.17, 15) is 9.59 Å². The number of piperazine rings is 1. The fourth-order valence-corrected chi connectivity index (χ4v) is 3.98. The van der Waals surface area contributed by atoms with Gasteiger partial charge < -0.3 is 23.8 Å². The Balaban J connectivity index is 1.91. The summed E-state index contributed by atoms with van der Waals surface area (Å²) in [5.41, 5.74) is -0.354. The molecule has 1 aromatic rings. The number of nitrogens with zero attached hydrogens (tertiary/aromatic N) is 3. The van der Waals surface area contributed by atoms with Gasteiger partial charge in [0.1, 0.15) is 10.8 Å². The lowest BCUT2D eigenvalue weighted by molar-refractivity contribution is -0.134. The quantitative estimate of drug-likeness (QED) is 0.493. The first kappa shape index (κ1) is 24.8. The normalized spacial score (nSPS) is 22.8. The summed E-state index contributed by atoms with van der Waals surface area (Å²) in [4.78, 5) is 32.8.